The molecule has 8 heteroatoms. The van der Waals surface area contributed by atoms with Crippen LogP contribution in [0.4, 0.5) is 9.52 Å². The van der Waals surface area contributed by atoms with Crippen LogP contribution in [0.2, 0.25) is 5.02 Å². The van der Waals surface area contributed by atoms with Crippen molar-refractivity contribution in [3.05, 3.63) is 73.9 Å². The lowest BCUT2D eigenvalue weighted by atomic mass is 10.2. The molecule has 1 N–H and O–H groups in total. The summed E-state index contributed by atoms with van der Waals surface area (Å²) in [7, 11) is 0. The van der Waals surface area contributed by atoms with Crippen molar-refractivity contribution in [3.63, 3.8) is 0 Å². The third-order valence-corrected chi connectivity index (χ3v) is 5.06. The molecule has 3 aromatic rings. The fourth-order valence-corrected chi connectivity index (χ4v) is 3.35. The van der Waals surface area contributed by atoms with Gasteiger partial charge in [0.15, 0.2) is 0 Å². The first-order valence-electron chi connectivity index (χ1n) is 7.59. The molecule has 0 unspecified atom stereocenters. The van der Waals surface area contributed by atoms with Crippen LogP contribution in [0.1, 0.15) is 16.8 Å². The van der Waals surface area contributed by atoms with Crippen molar-refractivity contribution in [2.45, 2.75) is 13.5 Å². The van der Waals surface area contributed by atoms with Crippen LogP contribution < -0.4 is 10.2 Å². The van der Waals surface area contributed by atoms with E-state index in [9.17, 15) is 4.39 Å². The second-order valence-corrected chi connectivity index (χ2v) is 7.55. The van der Waals surface area contributed by atoms with Gasteiger partial charge in [-0.25, -0.2) is 9.37 Å². The minimum atomic E-state index is -0.376. The van der Waals surface area contributed by atoms with Crippen molar-refractivity contribution >= 4 is 50.2 Å². The first-order chi connectivity index (χ1) is 12.5. The van der Waals surface area contributed by atoms with Gasteiger partial charge in [-0.15, -0.1) is 11.3 Å². The van der Waals surface area contributed by atoms with Crippen LogP contribution in [-0.4, -0.2) is 11.2 Å². The van der Waals surface area contributed by atoms with Crippen molar-refractivity contribution in [1.29, 1.82) is 0 Å². The monoisotopic (exact) mass is 453 g/mol. The lowest BCUT2D eigenvalue weighted by molar-refractivity contribution is 0.305. The Balaban J connectivity index is 1.72. The average Bonchev–Trinajstić information content (AvgIpc) is 3.01. The molecule has 1 aromatic heterocycles. The number of thiazole rings is 1. The van der Waals surface area contributed by atoms with Gasteiger partial charge in [-0.1, -0.05) is 33.6 Å². The number of hydrogen-bond donors (Lipinski definition) is 1. The second-order valence-electron chi connectivity index (χ2n) is 5.37. The molecule has 0 aliphatic carbocycles. The summed E-state index contributed by atoms with van der Waals surface area (Å²) >= 11 is 11.0. The van der Waals surface area contributed by atoms with Crippen molar-refractivity contribution in [1.82, 2.24) is 4.98 Å². The maximum atomic E-state index is 13.1. The summed E-state index contributed by atoms with van der Waals surface area (Å²) in [4.78, 5) is 4.28. The highest BCUT2D eigenvalue weighted by atomic mass is 79.9. The molecule has 0 fully saturated rings. The number of halogens is 3. The number of rotatable bonds is 6. The van der Waals surface area contributed by atoms with E-state index in [4.69, 9.17) is 16.3 Å². The topological polar surface area (TPSA) is 46.5 Å². The highest BCUT2D eigenvalue weighted by Gasteiger charge is 2.07. The predicted molar refractivity (Wildman–Crippen MR) is 108 cm³/mol. The molecule has 4 nitrogen and oxygen atoms in total. The van der Waals surface area contributed by atoms with Gasteiger partial charge >= 0.3 is 0 Å². The Labute approximate surface area is 167 Å². The number of hydrogen-bond acceptors (Lipinski definition) is 5. The third-order valence-electron chi connectivity index (χ3n) is 3.35. The molecule has 2 aromatic carbocycles. The van der Waals surface area contributed by atoms with E-state index >= 15 is 0 Å². The summed E-state index contributed by atoms with van der Waals surface area (Å²) in [6.07, 6.45) is 1.66. The lowest BCUT2D eigenvalue weighted by Gasteiger charge is -2.11. The molecule has 0 radical (unpaired) electrons. The molecular weight excluding hydrogens is 441 g/mol. The van der Waals surface area contributed by atoms with Crippen LogP contribution in [-0.2, 0) is 6.61 Å². The maximum absolute atomic E-state index is 13.1. The van der Waals surface area contributed by atoms with Gasteiger partial charge < -0.3 is 4.74 Å². The molecule has 0 atom stereocenters. The predicted octanol–water partition coefficient (Wildman–Crippen LogP) is 6.03. The third kappa shape index (κ3) is 5.03. The summed E-state index contributed by atoms with van der Waals surface area (Å²) in [5.41, 5.74) is 5.31. The number of nitrogens with one attached hydrogen (secondary N) is 1. The number of anilines is 1. The number of aryl methyl sites for hydroxylation is 1. The summed E-state index contributed by atoms with van der Waals surface area (Å²) in [5, 5.41) is 7.20. The quantitative estimate of drug-likeness (QED) is 0.365. The molecular formula is C18H14BrClFN3OS. The second kappa shape index (κ2) is 8.62. The minimum absolute atomic E-state index is 0.223. The molecule has 0 saturated heterocycles. The van der Waals surface area contributed by atoms with Gasteiger partial charge in [0.1, 0.15) is 18.2 Å². The Bertz CT molecular complexity index is 948. The zero-order valence-corrected chi connectivity index (χ0v) is 16.8. The Morgan fingerprint density at radius 2 is 2.19 bits per heavy atom. The van der Waals surface area contributed by atoms with Crippen LogP contribution in [0.25, 0.3) is 0 Å². The minimum Gasteiger partial charge on any atom is -0.488 e. The van der Waals surface area contributed by atoms with E-state index in [1.165, 1.54) is 23.5 Å². The van der Waals surface area contributed by atoms with Gasteiger partial charge in [-0.2, -0.15) is 5.10 Å². The Morgan fingerprint density at radius 3 is 2.92 bits per heavy atom. The van der Waals surface area contributed by atoms with Crippen LogP contribution >= 0.6 is 38.9 Å². The molecule has 1 heterocycles. The Morgan fingerprint density at radius 1 is 1.35 bits per heavy atom. The number of nitrogens with zero attached hydrogens (tertiary/aromatic N) is 2. The van der Waals surface area contributed by atoms with E-state index in [1.807, 2.05) is 30.5 Å². The van der Waals surface area contributed by atoms with Gasteiger partial charge in [0.05, 0.1) is 16.9 Å². The maximum Gasteiger partial charge on any atom is 0.203 e. The molecule has 0 bridgehead atoms. The van der Waals surface area contributed by atoms with Gasteiger partial charge in [-0.05, 0) is 37.3 Å². The highest BCUT2D eigenvalue weighted by Crippen LogP contribution is 2.25. The van der Waals surface area contributed by atoms with Crippen LogP contribution in [0.15, 0.2) is 51.4 Å². The van der Waals surface area contributed by atoms with E-state index in [1.54, 1.807) is 12.3 Å². The van der Waals surface area contributed by atoms with Crippen molar-refractivity contribution in [2.75, 3.05) is 5.43 Å². The Hall–Kier alpha value is -1.96. The molecule has 134 valence electrons. The van der Waals surface area contributed by atoms with Crippen LogP contribution in [0, 0.1) is 12.7 Å². The van der Waals surface area contributed by atoms with Crippen molar-refractivity contribution < 1.29 is 9.13 Å². The number of ether oxygens (including phenoxy) is 1. The van der Waals surface area contributed by atoms with Crippen LogP contribution in [0.3, 0.4) is 0 Å². The molecule has 0 spiro atoms. The molecule has 0 aliphatic heterocycles. The highest BCUT2D eigenvalue weighted by molar-refractivity contribution is 9.10. The molecule has 3 rings (SSSR count). The van der Waals surface area contributed by atoms with E-state index in [0.29, 0.717) is 21.5 Å². The van der Waals surface area contributed by atoms with Crippen molar-refractivity contribution in [3.8, 4) is 5.75 Å². The van der Waals surface area contributed by atoms with E-state index in [2.05, 4.69) is 31.4 Å². The van der Waals surface area contributed by atoms with Gasteiger partial charge in [0.2, 0.25) is 5.13 Å². The normalized spacial score (nSPS) is 11.1. The fraction of sp³-hybridized carbons (Fsp3) is 0.111. The zero-order valence-electron chi connectivity index (χ0n) is 13.7. The van der Waals surface area contributed by atoms with Crippen LogP contribution in [0.5, 0.6) is 5.75 Å². The smallest absolute Gasteiger partial charge is 0.203 e. The molecule has 26 heavy (non-hydrogen) atoms. The molecule has 0 amide bonds. The first-order valence-corrected chi connectivity index (χ1v) is 9.64. The van der Waals surface area contributed by atoms with E-state index in [-0.39, 0.29) is 12.4 Å². The Kier molecular flexibility index (Phi) is 6.24. The van der Waals surface area contributed by atoms with Gasteiger partial charge in [0, 0.05) is 21.0 Å². The summed E-state index contributed by atoms with van der Waals surface area (Å²) in [6.45, 7) is 2.15. The zero-order chi connectivity index (χ0) is 18.5. The van der Waals surface area contributed by atoms with E-state index in [0.717, 1.165) is 15.7 Å². The fourth-order valence-electron chi connectivity index (χ4n) is 2.11. The average molecular weight is 455 g/mol. The van der Waals surface area contributed by atoms with E-state index < -0.39 is 0 Å². The van der Waals surface area contributed by atoms with Gasteiger partial charge in [-0.3, -0.25) is 5.43 Å². The van der Waals surface area contributed by atoms with Crippen molar-refractivity contribution in [2.24, 2.45) is 5.10 Å². The summed E-state index contributed by atoms with van der Waals surface area (Å²) in [6, 6.07) is 9.82. The standard InChI is InChI=1S/C18H14BrClFN3OS/c1-11-10-26-18(23-11)24-22-8-13-6-14(19)3-5-17(13)25-9-12-2-4-15(21)7-16(12)20/h2-8,10H,9H2,1H3,(H,23,24). The summed E-state index contributed by atoms with van der Waals surface area (Å²) in [5.74, 6) is 0.258. The number of hydrazone groups is 1. The SMILES string of the molecule is Cc1csc(NN=Cc2cc(Br)ccc2OCc2ccc(F)cc2Cl)n1. The number of aromatic nitrogens is 1. The largest absolute Gasteiger partial charge is 0.488 e. The summed E-state index contributed by atoms with van der Waals surface area (Å²) < 4.78 is 19.9. The van der Waals surface area contributed by atoms with Gasteiger partial charge in [0.25, 0.3) is 0 Å². The first kappa shape index (κ1) is 18.8. The molecule has 0 saturated carbocycles. The molecule has 0 aliphatic rings. The number of benzene rings is 2. The lowest BCUT2D eigenvalue weighted by Crippen LogP contribution is -2.00.